The number of ether oxygens (including phenoxy) is 1. The van der Waals surface area contributed by atoms with Gasteiger partial charge in [-0.25, -0.2) is 8.42 Å². The molecule has 4 rings (SSSR count). The fourth-order valence-corrected chi connectivity index (χ4v) is 6.39. The van der Waals surface area contributed by atoms with Crippen LogP contribution < -0.4 is 4.90 Å². The molecular formula is C19H23N3O5S2. The van der Waals surface area contributed by atoms with E-state index in [0.717, 1.165) is 18.4 Å². The number of thiophene rings is 1. The van der Waals surface area contributed by atoms with Crippen LogP contribution in [0.1, 0.15) is 31.4 Å². The van der Waals surface area contributed by atoms with E-state index in [1.807, 2.05) is 28.7 Å². The van der Waals surface area contributed by atoms with Gasteiger partial charge in [0, 0.05) is 38.3 Å². The van der Waals surface area contributed by atoms with Crippen LogP contribution in [0, 0.1) is 10.1 Å². The Hall–Kier alpha value is -2.01. The lowest BCUT2D eigenvalue weighted by molar-refractivity contribution is -0.385. The average Bonchev–Trinajstić information content (AvgIpc) is 3.41. The monoisotopic (exact) mass is 437 g/mol. The number of hydrogen-bond donors (Lipinski definition) is 0. The smallest absolute Gasteiger partial charge is 0.270 e. The molecule has 2 aromatic rings. The van der Waals surface area contributed by atoms with Crippen LogP contribution in [-0.4, -0.2) is 49.9 Å². The Morgan fingerprint density at radius 3 is 2.62 bits per heavy atom. The Balaban J connectivity index is 1.75. The first kappa shape index (κ1) is 20.3. The van der Waals surface area contributed by atoms with Gasteiger partial charge in [0.05, 0.1) is 16.7 Å². The lowest BCUT2D eigenvalue weighted by Crippen LogP contribution is -2.43. The van der Waals surface area contributed by atoms with Gasteiger partial charge < -0.3 is 9.64 Å². The zero-order chi connectivity index (χ0) is 20.6. The third-order valence-electron chi connectivity index (χ3n) is 5.35. The van der Waals surface area contributed by atoms with Gasteiger partial charge in [-0.2, -0.15) is 15.6 Å². The summed E-state index contributed by atoms with van der Waals surface area (Å²) in [5.74, 6) is 0. The standard InChI is InChI=1S/C19H23N3O5S2/c1-14-11-20(12-18(27-14)15-6-9-28-13-15)17-5-4-16(22(23)24)10-19(17)29(25,26)21-7-2-3-8-21/h4-6,9-10,13-14,18H,2-3,7-8,11-12H2,1H3. The Bertz CT molecular complexity index is 987. The van der Waals surface area contributed by atoms with Crippen molar-refractivity contribution >= 4 is 32.7 Å². The van der Waals surface area contributed by atoms with Crippen LogP contribution in [0.2, 0.25) is 0 Å². The molecule has 2 saturated heterocycles. The molecule has 0 radical (unpaired) electrons. The van der Waals surface area contributed by atoms with E-state index in [1.165, 1.54) is 16.4 Å². The molecule has 2 fully saturated rings. The number of hydrogen-bond acceptors (Lipinski definition) is 7. The molecule has 0 N–H and O–H groups in total. The van der Waals surface area contributed by atoms with Crippen LogP contribution in [0.15, 0.2) is 39.9 Å². The van der Waals surface area contributed by atoms with Gasteiger partial charge in [-0.3, -0.25) is 10.1 Å². The first-order chi connectivity index (χ1) is 13.9. The lowest BCUT2D eigenvalue weighted by Gasteiger charge is -2.39. The molecule has 0 spiro atoms. The first-order valence-corrected chi connectivity index (χ1v) is 12.0. The number of rotatable bonds is 5. The lowest BCUT2D eigenvalue weighted by atomic mass is 10.1. The third-order valence-corrected chi connectivity index (χ3v) is 7.98. The first-order valence-electron chi connectivity index (χ1n) is 9.57. The number of non-ortho nitro benzene ring substituents is 1. The predicted molar refractivity (Wildman–Crippen MR) is 111 cm³/mol. The molecule has 0 aliphatic carbocycles. The molecule has 156 valence electrons. The Morgan fingerprint density at radius 2 is 1.97 bits per heavy atom. The molecule has 1 aromatic heterocycles. The number of benzene rings is 1. The fraction of sp³-hybridized carbons (Fsp3) is 0.474. The quantitative estimate of drug-likeness (QED) is 0.526. The summed E-state index contributed by atoms with van der Waals surface area (Å²) in [6.45, 7) is 3.84. The largest absolute Gasteiger partial charge is 0.367 e. The molecule has 1 aromatic carbocycles. The van der Waals surface area contributed by atoms with Crippen LogP contribution >= 0.6 is 11.3 Å². The molecule has 0 saturated carbocycles. The molecule has 3 heterocycles. The number of nitro groups is 1. The number of morpholine rings is 1. The van der Waals surface area contributed by atoms with Gasteiger partial charge in [-0.05, 0) is 48.2 Å². The van der Waals surface area contributed by atoms with Gasteiger partial charge in [0.1, 0.15) is 11.0 Å². The highest BCUT2D eigenvalue weighted by atomic mass is 32.2. The van der Waals surface area contributed by atoms with E-state index in [2.05, 4.69) is 0 Å². The highest BCUT2D eigenvalue weighted by molar-refractivity contribution is 7.89. The molecule has 29 heavy (non-hydrogen) atoms. The van der Waals surface area contributed by atoms with E-state index in [9.17, 15) is 18.5 Å². The second-order valence-corrected chi connectivity index (χ2v) is 10.1. The maximum Gasteiger partial charge on any atom is 0.270 e. The summed E-state index contributed by atoms with van der Waals surface area (Å²) >= 11 is 1.58. The number of nitrogens with zero attached hydrogens (tertiary/aromatic N) is 3. The summed E-state index contributed by atoms with van der Waals surface area (Å²) in [4.78, 5) is 12.7. The number of anilines is 1. The summed E-state index contributed by atoms with van der Waals surface area (Å²) in [5, 5.41) is 15.3. The minimum atomic E-state index is -3.82. The molecule has 2 aliphatic heterocycles. The van der Waals surface area contributed by atoms with Crippen LogP contribution in [0.5, 0.6) is 0 Å². The molecule has 0 bridgehead atoms. The second-order valence-electron chi connectivity index (χ2n) is 7.42. The van der Waals surface area contributed by atoms with Gasteiger partial charge in [0.2, 0.25) is 10.0 Å². The topological polar surface area (TPSA) is 93.0 Å². The van der Waals surface area contributed by atoms with Crippen molar-refractivity contribution in [3.05, 3.63) is 50.7 Å². The molecule has 8 nitrogen and oxygen atoms in total. The van der Waals surface area contributed by atoms with E-state index in [1.54, 1.807) is 17.4 Å². The molecule has 2 aliphatic rings. The highest BCUT2D eigenvalue weighted by Gasteiger charge is 2.35. The minimum absolute atomic E-state index is 0.00627. The summed E-state index contributed by atoms with van der Waals surface area (Å²) in [6, 6.07) is 6.13. The molecule has 10 heteroatoms. The maximum atomic E-state index is 13.3. The number of nitro benzene ring substituents is 1. The van der Waals surface area contributed by atoms with Crippen molar-refractivity contribution in [3.8, 4) is 0 Å². The van der Waals surface area contributed by atoms with Gasteiger partial charge in [-0.15, -0.1) is 0 Å². The molecule has 2 atom stereocenters. The third kappa shape index (κ3) is 4.02. The molecular weight excluding hydrogens is 414 g/mol. The fourth-order valence-electron chi connectivity index (χ4n) is 3.94. The highest BCUT2D eigenvalue weighted by Crippen LogP contribution is 2.36. The Kier molecular flexibility index (Phi) is 5.60. The minimum Gasteiger partial charge on any atom is -0.367 e. The van der Waals surface area contributed by atoms with E-state index < -0.39 is 14.9 Å². The van der Waals surface area contributed by atoms with Crippen molar-refractivity contribution in [2.75, 3.05) is 31.1 Å². The van der Waals surface area contributed by atoms with Gasteiger partial charge in [-0.1, -0.05) is 0 Å². The van der Waals surface area contributed by atoms with Crippen LogP contribution in [0.3, 0.4) is 0 Å². The summed E-state index contributed by atoms with van der Waals surface area (Å²) in [5.41, 5.74) is 1.33. The Labute approximate surface area is 173 Å². The zero-order valence-corrected chi connectivity index (χ0v) is 17.7. The van der Waals surface area contributed by atoms with Crippen molar-refractivity contribution in [2.24, 2.45) is 0 Å². The predicted octanol–water partition coefficient (Wildman–Crippen LogP) is 3.41. The van der Waals surface area contributed by atoms with Crippen molar-refractivity contribution in [1.82, 2.24) is 4.31 Å². The van der Waals surface area contributed by atoms with Crippen molar-refractivity contribution < 1.29 is 18.1 Å². The van der Waals surface area contributed by atoms with Crippen molar-refractivity contribution in [1.29, 1.82) is 0 Å². The van der Waals surface area contributed by atoms with E-state index in [-0.39, 0.29) is 22.8 Å². The Morgan fingerprint density at radius 1 is 1.21 bits per heavy atom. The van der Waals surface area contributed by atoms with Gasteiger partial charge in [0.25, 0.3) is 5.69 Å². The van der Waals surface area contributed by atoms with Crippen LogP contribution in [0.4, 0.5) is 11.4 Å². The number of sulfonamides is 1. The zero-order valence-electron chi connectivity index (χ0n) is 16.1. The molecule has 2 unspecified atom stereocenters. The normalized spacial score (nSPS) is 23.4. The SMILES string of the molecule is CC1CN(c2ccc([N+](=O)[O-])cc2S(=O)(=O)N2CCCC2)CC(c2ccsc2)O1. The van der Waals surface area contributed by atoms with Crippen LogP contribution in [0.25, 0.3) is 0 Å². The average molecular weight is 438 g/mol. The van der Waals surface area contributed by atoms with Gasteiger partial charge in [0.15, 0.2) is 0 Å². The maximum absolute atomic E-state index is 13.3. The second kappa shape index (κ2) is 8.02. The summed E-state index contributed by atoms with van der Waals surface area (Å²) in [7, 11) is -3.82. The van der Waals surface area contributed by atoms with Crippen LogP contribution in [-0.2, 0) is 14.8 Å². The van der Waals surface area contributed by atoms with Gasteiger partial charge >= 0.3 is 0 Å². The summed E-state index contributed by atoms with van der Waals surface area (Å²) < 4.78 is 34.1. The van der Waals surface area contributed by atoms with E-state index >= 15 is 0 Å². The summed E-state index contributed by atoms with van der Waals surface area (Å²) in [6.07, 6.45) is 1.32. The molecule has 0 amide bonds. The van der Waals surface area contributed by atoms with Crippen molar-refractivity contribution in [3.63, 3.8) is 0 Å². The van der Waals surface area contributed by atoms with E-state index in [0.29, 0.717) is 31.9 Å². The van der Waals surface area contributed by atoms with Crippen molar-refractivity contribution in [2.45, 2.75) is 36.9 Å². The van der Waals surface area contributed by atoms with E-state index in [4.69, 9.17) is 4.74 Å².